The van der Waals surface area contributed by atoms with Crippen molar-refractivity contribution in [2.24, 2.45) is 0 Å². The van der Waals surface area contributed by atoms with Crippen LogP contribution in [0.25, 0.3) is 0 Å². The van der Waals surface area contributed by atoms with Gasteiger partial charge in [-0.05, 0) is 37.6 Å². The molecule has 0 saturated carbocycles. The maximum atomic E-state index is 12.1. The molecule has 0 fully saturated rings. The molecule has 0 radical (unpaired) electrons. The number of rotatable bonds is 5. The van der Waals surface area contributed by atoms with Crippen LogP contribution in [0.4, 0.5) is 18.9 Å². The molecule has 0 atom stereocenters. The number of furan rings is 1. The van der Waals surface area contributed by atoms with E-state index in [2.05, 4.69) is 5.32 Å². The molecule has 0 aliphatic heterocycles. The normalized spacial score (nSPS) is 11.2. The van der Waals surface area contributed by atoms with Gasteiger partial charge in [0.15, 0.2) is 0 Å². The molecule has 1 aromatic heterocycles. The highest BCUT2D eigenvalue weighted by Crippen LogP contribution is 2.17. The van der Waals surface area contributed by atoms with Crippen LogP contribution in [0.1, 0.15) is 27.4 Å². The topological polar surface area (TPSA) is 71.3 Å². The van der Waals surface area contributed by atoms with Crippen LogP contribution in [-0.2, 0) is 11.2 Å². The smallest absolute Gasteiger partial charge is 0.405 e. The molecular weight excluding hydrogens is 337 g/mol. The lowest BCUT2D eigenvalue weighted by molar-refractivity contribution is -0.138. The molecule has 2 N–H and O–H groups in total. The van der Waals surface area contributed by atoms with Crippen molar-refractivity contribution < 1.29 is 27.2 Å². The average Bonchev–Trinajstić information content (AvgIpc) is 2.85. The lowest BCUT2D eigenvalue weighted by Crippen LogP contribution is -2.34. The minimum atomic E-state index is -4.44. The van der Waals surface area contributed by atoms with E-state index in [-0.39, 0.29) is 12.3 Å². The zero-order valence-electron chi connectivity index (χ0n) is 13.7. The molecule has 0 unspecified atom stereocenters. The zero-order valence-corrected chi connectivity index (χ0v) is 13.7. The second-order valence-electron chi connectivity index (χ2n) is 5.55. The van der Waals surface area contributed by atoms with Crippen LogP contribution in [0.2, 0.25) is 0 Å². The fourth-order valence-electron chi connectivity index (χ4n) is 2.21. The van der Waals surface area contributed by atoms with Gasteiger partial charge in [0.2, 0.25) is 5.91 Å². The third-order valence-corrected chi connectivity index (χ3v) is 3.35. The molecule has 1 aromatic carbocycles. The Labute approximate surface area is 142 Å². The number of alkyl halides is 3. The Hall–Kier alpha value is -2.77. The first-order chi connectivity index (χ1) is 11.6. The summed E-state index contributed by atoms with van der Waals surface area (Å²) in [4.78, 5) is 23.6. The predicted octanol–water partition coefficient (Wildman–Crippen LogP) is 3.37. The molecule has 8 heteroatoms. The summed E-state index contributed by atoms with van der Waals surface area (Å²) in [7, 11) is 0. The molecule has 0 bridgehead atoms. The first-order valence-electron chi connectivity index (χ1n) is 7.45. The van der Waals surface area contributed by atoms with Gasteiger partial charge in [-0.1, -0.05) is 12.1 Å². The van der Waals surface area contributed by atoms with Gasteiger partial charge in [-0.2, -0.15) is 13.2 Å². The summed E-state index contributed by atoms with van der Waals surface area (Å²) in [6.07, 6.45) is -4.61. The van der Waals surface area contributed by atoms with Crippen LogP contribution in [-0.4, -0.2) is 24.5 Å². The molecule has 2 rings (SSSR count). The van der Waals surface area contributed by atoms with E-state index in [0.717, 1.165) is 0 Å². The van der Waals surface area contributed by atoms with E-state index >= 15 is 0 Å². The maximum Gasteiger partial charge on any atom is 0.405 e. The van der Waals surface area contributed by atoms with Crippen molar-refractivity contribution in [2.75, 3.05) is 11.9 Å². The van der Waals surface area contributed by atoms with Gasteiger partial charge in [0.25, 0.3) is 5.91 Å². The van der Waals surface area contributed by atoms with E-state index in [0.29, 0.717) is 28.3 Å². The average molecular weight is 354 g/mol. The highest BCUT2D eigenvalue weighted by Gasteiger charge is 2.27. The molecule has 0 saturated heterocycles. The summed E-state index contributed by atoms with van der Waals surface area (Å²) in [6, 6.07) is 7.91. The second kappa shape index (κ2) is 7.42. The fourth-order valence-corrected chi connectivity index (χ4v) is 2.21. The number of nitrogens with one attached hydrogen (secondary N) is 2. The van der Waals surface area contributed by atoms with Crippen LogP contribution in [0.3, 0.4) is 0 Å². The monoisotopic (exact) mass is 354 g/mol. The second-order valence-corrected chi connectivity index (χ2v) is 5.55. The van der Waals surface area contributed by atoms with Gasteiger partial charge in [-0.25, -0.2) is 0 Å². The third kappa shape index (κ3) is 5.66. The highest BCUT2D eigenvalue weighted by molar-refractivity contribution is 6.05. The molecule has 1 heterocycles. The van der Waals surface area contributed by atoms with Crippen LogP contribution >= 0.6 is 0 Å². The molecular formula is C17H17F3N2O3. The van der Waals surface area contributed by atoms with Crippen molar-refractivity contribution in [3.8, 4) is 0 Å². The number of amides is 2. The third-order valence-electron chi connectivity index (χ3n) is 3.35. The first-order valence-corrected chi connectivity index (χ1v) is 7.45. The summed E-state index contributed by atoms with van der Waals surface area (Å²) >= 11 is 0. The molecule has 0 spiro atoms. The number of halogens is 3. The Morgan fingerprint density at radius 2 is 1.76 bits per heavy atom. The van der Waals surface area contributed by atoms with E-state index < -0.39 is 18.6 Å². The van der Waals surface area contributed by atoms with Gasteiger partial charge in [0.05, 0.1) is 12.0 Å². The van der Waals surface area contributed by atoms with Crippen LogP contribution in [0.15, 0.2) is 34.7 Å². The quantitative estimate of drug-likeness (QED) is 0.865. The SMILES string of the molecule is Cc1cc(C(=O)Nc2ccc(CC(=O)NCC(F)(F)F)cc2)c(C)o1. The molecule has 5 nitrogen and oxygen atoms in total. The number of aryl methyl sites for hydroxylation is 2. The Balaban J connectivity index is 1.92. The predicted molar refractivity (Wildman–Crippen MR) is 85.3 cm³/mol. The van der Waals surface area contributed by atoms with Crippen molar-refractivity contribution in [3.05, 3.63) is 53.0 Å². The number of hydrogen-bond donors (Lipinski definition) is 2. The molecule has 2 amide bonds. The van der Waals surface area contributed by atoms with E-state index in [9.17, 15) is 22.8 Å². The van der Waals surface area contributed by atoms with E-state index in [1.165, 1.54) is 0 Å². The summed E-state index contributed by atoms with van der Waals surface area (Å²) < 4.78 is 41.4. The molecule has 25 heavy (non-hydrogen) atoms. The van der Waals surface area contributed by atoms with Crippen LogP contribution < -0.4 is 10.6 Å². The molecule has 134 valence electrons. The van der Waals surface area contributed by atoms with Gasteiger partial charge >= 0.3 is 6.18 Å². The molecule has 0 aliphatic rings. The Morgan fingerprint density at radius 3 is 2.28 bits per heavy atom. The first kappa shape index (κ1) is 18.6. The van der Waals surface area contributed by atoms with Crippen molar-refractivity contribution in [1.82, 2.24) is 5.32 Å². The van der Waals surface area contributed by atoms with Gasteiger partial charge in [-0.3, -0.25) is 9.59 Å². The molecule has 0 aliphatic carbocycles. The van der Waals surface area contributed by atoms with Gasteiger partial charge in [0, 0.05) is 5.69 Å². The fraction of sp³-hybridized carbons (Fsp3) is 0.294. The van der Waals surface area contributed by atoms with Crippen molar-refractivity contribution in [2.45, 2.75) is 26.4 Å². The van der Waals surface area contributed by atoms with Crippen molar-refractivity contribution in [1.29, 1.82) is 0 Å². The summed E-state index contributed by atoms with van der Waals surface area (Å²) in [6.45, 7) is 2.07. The maximum absolute atomic E-state index is 12.1. The lowest BCUT2D eigenvalue weighted by atomic mass is 10.1. The zero-order chi connectivity index (χ0) is 18.6. The lowest BCUT2D eigenvalue weighted by Gasteiger charge is -2.09. The Morgan fingerprint density at radius 1 is 1.12 bits per heavy atom. The van der Waals surface area contributed by atoms with Gasteiger partial charge < -0.3 is 15.1 Å². The highest BCUT2D eigenvalue weighted by atomic mass is 19.4. The van der Waals surface area contributed by atoms with E-state index in [4.69, 9.17) is 4.42 Å². The number of benzene rings is 1. The van der Waals surface area contributed by atoms with Crippen molar-refractivity contribution >= 4 is 17.5 Å². The molecule has 2 aromatic rings. The summed E-state index contributed by atoms with van der Waals surface area (Å²) in [5.41, 5.74) is 1.46. The Kier molecular flexibility index (Phi) is 5.51. The minimum absolute atomic E-state index is 0.176. The number of anilines is 1. The van der Waals surface area contributed by atoms with E-state index in [1.807, 2.05) is 0 Å². The minimum Gasteiger partial charge on any atom is -0.466 e. The summed E-state index contributed by atoms with van der Waals surface area (Å²) in [5.74, 6) is 0.0828. The van der Waals surface area contributed by atoms with Crippen molar-refractivity contribution in [3.63, 3.8) is 0 Å². The summed E-state index contributed by atoms with van der Waals surface area (Å²) in [5, 5.41) is 4.49. The van der Waals surface area contributed by atoms with E-state index in [1.54, 1.807) is 49.5 Å². The van der Waals surface area contributed by atoms with Crippen LogP contribution in [0.5, 0.6) is 0 Å². The number of carbonyl (C=O) groups is 2. The van der Waals surface area contributed by atoms with Crippen LogP contribution in [0, 0.1) is 13.8 Å². The van der Waals surface area contributed by atoms with Gasteiger partial charge in [-0.15, -0.1) is 0 Å². The number of carbonyl (C=O) groups excluding carboxylic acids is 2. The van der Waals surface area contributed by atoms with Gasteiger partial charge in [0.1, 0.15) is 18.1 Å². The largest absolute Gasteiger partial charge is 0.466 e. The Bertz CT molecular complexity index is 764. The number of hydrogen-bond acceptors (Lipinski definition) is 3. The standard InChI is InChI=1S/C17H17F3N2O3/c1-10-7-14(11(2)25-10)16(24)22-13-5-3-12(4-6-13)8-15(23)21-9-17(18,19)20/h3-7H,8-9H2,1-2H3,(H,21,23)(H,22,24).